The third-order valence-corrected chi connectivity index (χ3v) is 6.62. The van der Waals surface area contributed by atoms with Gasteiger partial charge in [0.2, 0.25) is 11.8 Å². The Morgan fingerprint density at radius 2 is 1.86 bits per heavy atom. The summed E-state index contributed by atoms with van der Waals surface area (Å²) in [6.45, 7) is 1.88. The summed E-state index contributed by atoms with van der Waals surface area (Å²) in [5.74, 6) is -1.32. The Morgan fingerprint density at radius 3 is 2.62 bits per heavy atom. The van der Waals surface area contributed by atoms with Crippen molar-refractivity contribution in [2.45, 2.75) is 50.1 Å². The SMILES string of the molecule is O=C1CCC(N2C(=O)c3ccc(NCC4CCNC5(CC5)C4)cc3C2=O)C(=O)N1. The number of amides is 4. The summed E-state index contributed by atoms with van der Waals surface area (Å²) in [5, 5.41) is 9.25. The van der Waals surface area contributed by atoms with E-state index in [1.54, 1.807) is 12.1 Å². The highest BCUT2D eigenvalue weighted by Crippen LogP contribution is 2.44. The fraction of sp³-hybridized carbons (Fsp3) is 0.524. The van der Waals surface area contributed by atoms with Crippen molar-refractivity contribution in [3.05, 3.63) is 29.3 Å². The zero-order chi connectivity index (χ0) is 20.2. The molecule has 1 aliphatic carbocycles. The number of carbonyl (C=O) groups excluding carboxylic acids is 4. The molecule has 1 saturated carbocycles. The maximum atomic E-state index is 12.9. The normalized spacial score (nSPS) is 27.8. The molecule has 2 atom stereocenters. The lowest BCUT2D eigenvalue weighted by Crippen LogP contribution is -2.54. The van der Waals surface area contributed by atoms with Gasteiger partial charge in [-0.1, -0.05) is 0 Å². The van der Waals surface area contributed by atoms with Crippen molar-refractivity contribution in [1.29, 1.82) is 0 Å². The largest absolute Gasteiger partial charge is 0.385 e. The van der Waals surface area contributed by atoms with Crippen LogP contribution in [0, 0.1) is 5.92 Å². The molecule has 1 spiro atoms. The van der Waals surface area contributed by atoms with E-state index in [-0.39, 0.29) is 18.7 Å². The van der Waals surface area contributed by atoms with Crippen molar-refractivity contribution < 1.29 is 19.2 Å². The number of piperidine rings is 2. The minimum atomic E-state index is -0.930. The number of hydrogen-bond acceptors (Lipinski definition) is 6. The van der Waals surface area contributed by atoms with Crippen LogP contribution < -0.4 is 16.0 Å². The van der Waals surface area contributed by atoms with Gasteiger partial charge in [-0.15, -0.1) is 0 Å². The Kier molecular flexibility index (Phi) is 4.20. The van der Waals surface area contributed by atoms with Gasteiger partial charge in [-0.25, -0.2) is 0 Å². The van der Waals surface area contributed by atoms with Gasteiger partial charge in [0.15, 0.2) is 0 Å². The summed E-state index contributed by atoms with van der Waals surface area (Å²) in [7, 11) is 0. The summed E-state index contributed by atoms with van der Waals surface area (Å²) in [6.07, 6.45) is 5.10. The Bertz CT molecular complexity index is 923. The van der Waals surface area contributed by atoms with Crippen LogP contribution in [0.5, 0.6) is 0 Å². The molecule has 1 aromatic carbocycles. The Morgan fingerprint density at radius 1 is 1.07 bits per heavy atom. The molecule has 0 aromatic heterocycles. The first-order valence-electron chi connectivity index (χ1n) is 10.3. The van der Waals surface area contributed by atoms with Crippen molar-refractivity contribution in [1.82, 2.24) is 15.5 Å². The quantitative estimate of drug-likeness (QED) is 0.656. The molecule has 1 aromatic rings. The zero-order valence-corrected chi connectivity index (χ0v) is 16.1. The summed E-state index contributed by atoms with van der Waals surface area (Å²) in [4.78, 5) is 50.1. The van der Waals surface area contributed by atoms with Crippen molar-refractivity contribution in [2.75, 3.05) is 18.4 Å². The molecular weight excluding hydrogens is 372 g/mol. The van der Waals surface area contributed by atoms with Gasteiger partial charge >= 0.3 is 0 Å². The van der Waals surface area contributed by atoms with Crippen LogP contribution in [0.3, 0.4) is 0 Å². The molecular formula is C21H24N4O4. The zero-order valence-electron chi connectivity index (χ0n) is 16.1. The van der Waals surface area contributed by atoms with Crippen molar-refractivity contribution in [3.8, 4) is 0 Å². The van der Waals surface area contributed by atoms with Gasteiger partial charge < -0.3 is 10.6 Å². The first kappa shape index (κ1) is 18.3. The van der Waals surface area contributed by atoms with E-state index in [0.29, 0.717) is 22.6 Å². The number of carbonyl (C=O) groups is 4. The number of nitrogens with zero attached hydrogens (tertiary/aromatic N) is 1. The smallest absolute Gasteiger partial charge is 0.262 e. The lowest BCUT2D eigenvalue weighted by atomic mass is 9.90. The van der Waals surface area contributed by atoms with Crippen LogP contribution in [0.4, 0.5) is 5.69 Å². The number of imide groups is 2. The lowest BCUT2D eigenvalue weighted by Gasteiger charge is -2.30. The molecule has 5 rings (SSSR count). The number of hydrogen-bond donors (Lipinski definition) is 3. The Labute approximate surface area is 168 Å². The molecule has 29 heavy (non-hydrogen) atoms. The average molecular weight is 396 g/mol. The van der Waals surface area contributed by atoms with Crippen LogP contribution in [0.15, 0.2) is 18.2 Å². The number of rotatable bonds is 4. The monoisotopic (exact) mass is 396 g/mol. The van der Waals surface area contributed by atoms with Gasteiger partial charge in [0, 0.05) is 24.2 Å². The van der Waals surface area contributed by atoms with Gasteiger partial charge in [-0.05, 0) is 62.8 Å². The highest BCUT2D eigenvalue weighted by atomic mass is 16.2. The van der Waals surface area contributed by atoms with E-state index in [1.165, 1.54) is 19.3 Å². The van der Waals surface area contributed by atoms with Gasteiger partial charge in [-0.2, -0.15) is 0 Å². The van der Waals surface area contributed by atoms with E-state index in [9.17, 15) is 19.2 Å². The minimum Gasteiger partial charge on any atom is -0.385 e. The number of anilines is 1. The fourth-order valence-corrected chi connectivity index (χ4v) is 4.82. The third-order valence-electron chi connectivity index (χ3n) is 6.62. The lowest BCUT2D eigenvalue weighted by molar-refractivity contribution is -0.136. The van der Waals surface area contributed by atoms with E-state index in [2.05, 4.69) is 16.0 Å². The molecule has 2 unspecified atom stereocenters. The fourth-order valence-electron chi connectivity index (χ4n) is 4.82. The Hall–Kier alpha value is -2.74. The molecule has 3 fully saturated rings. The summed E-state index contributed by atoms with van der Waals surface area (Å²) < 4.78 is 0. The topological polar surface area (TPSA) is 108 Å². The van der Waals surface area contributed by atoms with E-state index in [0.717, 1.165) is 30.1 Å². The number of nitrogens with one attached hydrogen (secondary N) is 3. The molecule has 0 bridgehead atoms. The predicted molar refractivity (Wildman–Crippen MR) is 104 cm³/mol. The maximum absolute atomic E-state index is 12.9. The molecule has 152 valence electrons. The first-order chi connectivity index (χ1) is 14.0. The summed E-state index contributed by atoms with van der Waals surface area (Å²) in [5.41, 5.74) is 1.80. The van der Waals surface area contributed by atoms with E-state index in [1.807, 2.05) is 6.07 Å². The molecule has 8 nitrogen and oxygen atoms in total. The molecule has 4 amide bonds. The Balaban J connectivity index is 1.29. The van der Waals surface area contributed by atoms with Crippen LogP contribution in [0.2, 0.25) is 0 Å². The van der Waals surface area contributed by atoms with E-state index in [4.69, 9.17) is 0 Å². The molecule has 3 N–H and O–H groups in total. The molecule has 4 aliphatic rings. The van der Waals surface area contributed by atoms with Crippen LogP contribution in [-0.4, -0.2) is 53.2 Å². The second kappa shape index (κ2) is 6.66. The number of fused-ring (bicyclic) bond motifs is 1. The van der Waals surface area contributed by atoms with Crippen LogP contribution in [0.25, 0.3) is 0 Å². The molecule has 3 aliphatic heterocycles. The van der Waals surface area contributed by atoms with E-state index >= 15 is 0 Å². The molecule has 3 heterocycles. The van der Waals surface area contributed by atoms with E-state index < -0.39 is 23.8 Å². The molecule has 0 radical (unpaired) electrons. The molecule has 2 saturated heterocycles. The van der Waals surface area contributed by atoms with Gasteiger partial charge in [0.1, 0.15) is 6.04 Å². The minimum absolute atomic E-state index is 0.119. The van der Waals surface area contributed by atoms with Crippen molar-refractivity contribution in [3.63, 3.8) is 0 Å². The summed E-state index contributed by atoms with van der Waals surface area (Å²) >= 11 is 0. The number of benzene rings is 1. The van der Waals surface area contributed by atoms with Crippen molar-refractivity contribution in [2.24, 2.45) is 5.92 Å². The average Bonchev–Trinajstić information content (AvgIpc) is 3.40. The second-order valence-corrected chi connectivity index (χ2v) is 8.65. The van der Waals surface area contributed by atoms with Crippen molar-refractivity contribution >= 4 is 29.3 Å². The molecule has 8 heteroatoms. The van der Waals surface area contributed by atoms with Crippen LogP contribution in [-0.2, 0) is 9.59 Å². The van der Waals surface area contributed by atoms with Gasteiger partial charge in [0.25, 0.3) is 11.8 Å². The predicted octanol–water partition coefficient (Wildman–Crippen LogP) is 1.03. The second-order valence-electron chi connectivity index (χ2n) is 8.65. The third kappa shape index (κ3) is 3.21. The standard InChI is InChI=1S/C21H24N4O4/c26-17-4-3-16(18(27)24-17)25-19(28)14-2-1-13(9-15(14)20(25)29)22-11-12-5-8-23-21(10-12)6-7-21/h1-2,9,12,16,22-23H,3-8,10-11H2,(H,24,26,27). The van der Waals surface area contributed by atoms with Gasteiger partial charge in [0.05, 0.1) is 11.1 Å². The maximum Gasteiger partial charge on any atom is 0.262 e. The summed E-state index contributed by atoms with van der Waals surface area (Å²) in [6, 6.07) is 4.23. The highest BCUT2D eigenvalue weighted by Gasteiger charge is 2.46. The van der Waals surface area contributed by atoms with Crippen LogP contribution in [0.1, 0.15) is 59.2 Å². The van der Waals surface area contributed by atoms with Crippen LogP contribution >= 0.6 is 0 Å². The highest BCUT2D eigenvalue weighted by molar-refractivity contribution is 6.23. The van der Waals surface area contributed by atoms with Gasteiger partial charge in [-0.3, -0.25) is 29.4 Å². The first-order valence-corrected chi connectivity index (χ1v) is 10.3.